The zero-order chi connectivity index (χ0) is 19.5. The highest BCUT2D eigenvalue weighted by Crippen LogP contribution is 2.39. The first kappa shape index (κ1) is 25.6. The van der Waals surface area contributed by atoms with Crippen molar-refractivity contribution >= 4 is 29.9 Å². The fourth-order valence-corrected chi connectivity index (χ4v) is 2.66. The minimum Gasteiger partial charge on any atom is -0.493 e. The molecule has 1 rings (SSSR count). The number of nitrogens with zero attached hydrogens (tertiary/aromatic N) is 1. The quantitative estimate of drug-likeness (QED) is 0.291. The molecule has 0 heterocycles. The van der Waals surface area contributed by atoms with Crippen molar-refractivity contribution in [2.45, 2.75) is 53.1 Å². The van der Waals surface area contributed by atoms with Gasteiger partial charge in [-0.05, 0) is 44.7 Å². The predicted octanol–water partition coefficient (Wildman–Crippen LogP) is 4.21. The van der Waals surface area contributed by atoms with Gasteiger partial charge in [-0.15, -0.1) is 24.0 Å². The van der Waals surface area contributed by atoms with Crippen LogP contribution in [0.4, 0.5) is 0 Å². The lowest BCUT2D eigenvalue weighted by atomic mass is 10.0. The number of methoxy groups -OCH3 is 3. The van der Waals surface area contributed by atoms with Gasteiger partial charge < -0.3 is 24.8 Å². The zero-order valence-electron chi connectivity index (χ0n) is 17.7. The van der Waals surface area contributed by atoms with Crippen molar-refractivity contribution in [3.05, 3.63) is 17.7 Å². The first-order chi connectivity index (χ1) is 12.5. The summed E-state index contributed by atoms with van der Waals surface area (Å²) in [4.78, 5) is 4.71. The first-order valence-corrected chi connectivity index (χ1v) is 9.29. The Balaban J connectivity index is 0.00000676. The van der Waals surface area contributed by atoms with Gasteiger partial charge in [-0.2, -0.15) is 0 Å². The minimum atomic E-state index is 0. The number of hydrogen-bond acceptors (Lipinski definition) is 4. The molecule has 0 amide bonds. The highest BCUT2D eigenvalue weighted by atomic mass is 127. The molecular weight excluding hydrogens is 457 g/mol. The third kappa shape index (κ3) is 8.45. The van der Waals surface area contributed by atoms with Crippen LogP contribution in [-0.2, 0) is 6.54 Å². The zero-order valence-corrected chi connectivity index (χ0v) is 20.0. The number of aliphatic imine (C=N–C) groups is 1. The maximum atomic E-state index is 5.53. The predicted molar refractivity (Wildman–Crippen MR) is 123 cm³/mol. The molecule has 2 N–H and O–H groups in total. The van der Waals surface area contributed by atoms with Crippen LogP contribution in [0.15, 0.2) is 17.1 Å². The Morgan fingerprint density at radius 3 is 2.19 bits per heavy atom. The largest absolute Gasteiger partial charge is 0.493 e. The van der Waals surface area contributed by atoms with Gasteiger partial charge in [0.15, 0.2) is 17.5 Å². The molecule has 1 atom stereocenters. The normalized spacial score (nSPS) is 12.2. The van der Waals surface area contributed by atoms with E-state index in [0.29, 0.717) is 35.8 Å². The summed E-state index contributed by atoms with van der Waals surface area (Å²) in [5, 5.41) is 6.78. The fourth-order valence-electron chi connectivity index (χ4n) is 2.66. The van der Waals surface area contributed by atoms with Gasteiger partial charge in [-0.3, -0.25) is 0 Å². The van der Waals surface area contributed by atoms with Crippen LogP contribution in [0.1, 0.15) is 46.1 Å². The number of ether oxygens (including phenoxy) is 3. The topological polar surface area (TPSA) is 64.1 Å². The SMILES string of the molecule is CCNC(=NCc1ccc(OC)c(OC)c1OC)NC(C)CCC(C)C.I. The van der Waals surface area contributed by atoms with Gasteiger partial charge in [-0.25, -0.2) is 4.99 Å². The maximum absolute atomic E-state index is 5.53. The molecule has 0 aliphatic carbocycles. The lowest BCUT2D eigenvalue weighted by Crippen LogP contribution is -2.42. The third-order valence-electron chi connectivity index (χ3n) is 4.10. The van der Waals surface area contributed by atoms with Crippen molar-refractivity contribution in [2.24, 2.45) is 10.9 Å². The molecule has 156 valence electrons. The Kier molecular flexibility index (Phi) is 13.0. The Hall–Kier alpha value is -1.38. The molecule has 0 aliphatic rings. The number of benzene rings is 1. The van der Waals surface area contributed by atoms with E-state index >= 15 is 0 Å². The monoisotopic (exact) mass is 493 g/mol. The second-order valence-corrected chi connectivity index (χ2v) is 6.71. The van der Waals surface area contributed by atoms with Crippen molar-refractivity contribution in [2.75, 3.05) is 27.9 Å². The van der Waals surface area contributed by atoms with E-state index in [2.05, 4.69) is 38.3 Å². The summed E-state index contributed by atoms with van der Waals surface area (Å²) in [6.45, 7) is 10.0. The summed E-state index contributed by atoms with van der Waals surface area (Å²) in [6.07, 6.45) is 2.30. The number of rotatable bonds is 10. The van der Waals surface area contributed by atoms with Crippen molar-refractivity contribution < 1.29 is 14.2 Å². The number of nitrogens with one attached hydrogen (secondary N) is 2. The second-order valence-electron chi connectivity index (χ2n) is 6.71. The maximum Gasteiger partial charge on any atom is 0.203 e. The smallest absolute Gasteiger partial charge is 0.203 e. The molecule has 0 bridgehead atoms. The van der Waals surface area contributed by atoms with Gasteiger partial charge in [0.05, 0.1) is 27.9 Å². The van der Waals surface area contributed by atoms with Gasteiger partial charge in [0, 0.05) is 18.2 Å². The van der Waals surface area contributed by atoms with Crippen LogP contribution >= 0.6 is 24.0 Å². The summed E-state index contributed by atoms with van der Waals surface area (Å²) < 4.78 is 16.3. The summed E-state index contributed by atoms with van der Waals surface area (Å²) in [6, 6.07) is 4.19. The molecular formula is C20H36IN3O3. The molecule has 0 fully saturated rings. The standard InChI is InChI=1S/C20H35N3O3.HI/c1-8-21-20(23-15(4)10-9-14(2)3)22-13-16-11-12-17(24-5)19(26-7)18(16)25-6;/h11-12,14-15H,8-10,13H2,1-7H3,(H2,21,22,23);1H. The van der Waals surface area contributed by atoms with Gasteiger partial charge >= 0.3 is 0 Å². The summed E-state index contributed by atoms with van der Waals surface area (Å²) in [5.74, 6) is 3.39. The molecule has 1 aromatic rings. The van der Waals surface area contributed by atoms with Crippen molar-refractivity contribution in [3.8, 4) is 17.2 Å². The number of guanidine groups is 1. The molecule has 7 heteroatoms. The molecule has 0 aliphatic heterocycles. The number of hydrogen-bond donors (Lipinski definition) is 2. The van der Waals surface area contributed by atoms with Crippen LogP contribution < -0.4 is 24.8 Å². The third-order valence-corrected chi connectivity index (χ3v) is 4.10. The van der Waals surface area contributed by atoms with E-state index in [1.54, 1.807) is 21.3 Å². The van der Waals surface area contributed by atoms with Crippen molar-refractivity contribution in [1.82, 2.24) is 10.6 Å². The molecule has 0 saturated carbocycles. The first-order valence-electron chi connectivity index (χ1n) is 9.29. The van der Waals surface area contributed by atoms with Gasteiger partial charge in [0.25, 0.3) is 0 Å². The van der Waals surface area contributed by atoms with Gasteiger partial charge in [-0.1, -0.05) is 13.8 Å². The second kappa shape index (κ2) is 13.7. The molecule has 0 radical (unpaired) electrons. The van der Waals surface area contributed by atoms with Crippen molar-refractivity contribution in [3.63, 3.8) is 0 Å². The molecule has 1 aromatic carbocycles. The molecule has 6 nitrogen and oxygen atoms in total. The highest BCUT2D eigenvalue weighted by molar-refractivity contribution is 14.0. The molecule has 1 unspecified atom stereocenters. The van der Waals surface area contributed by atoms with E-state index in [9.17, 15) is 0 Å². The van der Waals surface area contributed by atoms with Gasteiger partial charge in [0.1, 0.15) is 0 Å². The Morgan fingerprint density at radius 1 is 1.00 bits per heavy atom. The Morgan fingerprint density at radius 2 is 1.67 bits per heavy atom. The average molecular weight is 493 g/mol. The highest BCUT2D eigenvalue weighted by Gasteiger charge is 2.15. The lowest BCUT2D eigenvalue weighted by Gasteiger charge is -2.19. The van der Waals surface area contributed by atoms with E-state index in [1.165, 1.54) is 6.42 Å². The average Bonchev–Trinajstić information content (AvgIpc) is 2.63. The fraction of sp³-hybridized carbons (Fsp3) is 0.650. The van der Waals surface area contributed by atoms with Crippen LogP contribution in [0.5, 0.6) is 17.2 Å². The Labute approximate surface area is 181 Å². The van der Waals surface area contributed by atoms with Crippen LogP contribution in [0.3, 0.4) is 0 Å². The van der Waals surface area contributed by atoms with E-state index in [4.69, 9.17) is 19.2 Å². The van der Waals surface area contributed by atoms with Crippen LogP contribution in [0.2, 0.25) is 0 Å². The summed E-state index contributed by atoms with van der Waals surface area (Å²) >= 11 is 0. The van der Waals surface area contributed by atoms with E-state index < -0.39 is 0 Å². The van der Waals surface area contributed by atoms with E-state index in [1.807, 2.05) is 12.1 Å². The van der Waals surface area contributed by atoms with E-state index in [0.717, 1.165) is 24.5 Å². The number of halogens is 1. The van der Waals surface area contributed by atoms with Gasteiger partial charge in [0.2, 0.25) is 5.75 Å². The van der Waals surface area contributed by atoms with Crippen molar-refractivity contribution in [1.29, 1.82) is 0 Å². The van der Waals surface area contributed by atoms with Crippen LogP contribution in [0, 0.1) is 5.92 Å². The van der Waals surface area contributed by atoms with Crippen LogP contribution in [0.25, 0.3) is 0 Å². The lowest BCUT2D eigenvalue weighted by molar-refractivity contribution is 0.322. The summed E-state index contributed by atoms with van der Waals surface area (Å²) in [5.41, 5.74) is 0.942. The van der Waals surface area contributed by atoms with E-state index in [-0.39, 0.29) is 24.0 Å². The molecule has 0 spiro atoms. The summed E-state index contributed by atoms with van der Waals surface area (Å²) in [7, 11) is 4.85. The molecule has 0 aromatic heterocycles. The Bertz CT molecular complexity index is 580. The molecule has 0 saturated heterocycles. The molecule has 27 heavy (non-hydrogen) atoms. The van der Waals surface area contributed by atoms with Crippen LogP contribution in [-0.4, -0.2) is 39.9 Å². The minimum absolute atomic E-state index is 0.